The van der Waals surface area contributed by atoms with Crippen molar-refractivity contribution in [3.05, 3.63) is 58.1 Å². The van der Waals surface area contributed by atoms with Gasteiger partial charge in [0.1, 0.15) is 0 Å². The molecule has 0 radical (unpaired) electrons. The molecule has 0 saturated heterocycles. The first-order chi connectivity index (χ1) is 8.18. The molecule has 0 aliphatic heterocycles. The van der Waals surface area contributed by atoms with Gasteiger partial charge < -0.3 is 5.73 Å². The van der Waals surface area contributed by atoms with Crippen molar-refractivity contribution in [1.29, 1.82) is 0 Å². The maximum Gasteiger partial charge on any atom is 0.0541 e. The van der Waals surface area contributed by atoms with Gasteiger partial charge in [0.15, 0.2) is 0 Å². The number of hydrogen-bond donors (Lipinski definition) is 1. The molecule has 0 bridgehead atoms. The first kappa shape index (κ1) is 12.6. The Balaban J connectivity index is 2.16. The third kappa shape index (κ3) is 3.09. The summed E-state index contributed by atoms with van der Waals surface area (Å²) in [6.07, 6.45) is 0. The van der Waals surface area contributed by atoms with Crippen molar-refractivity contribution in [3.8, 4) is 0 Å². The summed E-state index contributed by atoms with van der Waals surface area (Å²) in [5.74, 6) is 0.718. The minimum atomic E-state index is 0.699. The molecule has 0 unspecified atom stereocenters. The van der Waals surface area contributed by atoms with Crippen molar-refractivity contribution in [1.82, 2.24) is 0 Å². The Labute approximate surface area is 115 Å². The van der Waals surface area contributed by atoms with Crippen LogP contribution in [0.15, 0.2) is 47.4 Å². The molecular weight excluding hydrogens is 273 g/mol. The summed E-state index contributed by atoms with van der Waals surface area (Å²) in [7, 11) is 0. The lowest BCUT2D eigenvalue weighted by molar-refractivity contribution is 1.38. The fraction of sp³-hybridized carbons (Fsp3) is 0.0769. The van der Waals surface area contributed by atoms with E-state index < -0.39 is 0 Å². The second-order valence-electron chi connectivity index (χ2n) is 3.53. The molecule has 0 saturated carbocycles. The third-order valence-electron chi connectivity index (χ3n) is 2.36. The molecule has 0 aromatic heterocycles. The zero-order valence-electron chi connectivity index (χ0n) is 8.99. The molecule has 0 aliphatic carbocycles. The second kappa shape index (κ2) is 5.67. The molecule has 2 aromatic rings. The molecule has 17 heavy (non-hydrogen) atoms. The Morgan fingerprint density at radius 3 is 2.35 bits per heavy atom. The molecular formula is C13H11Cl2NS. The van der Waals surface area contributed by atoms with Crippen molar-refractivity contribution >= 4 is 40.7 Å². The fourth-order valence-corrected chi connectivity index (χ4v) is 3.07. The van der Waals surface area contributed by atoms with Crippen molar-refractivity contribution in [2.75, 3.05) is 5.73 Å². The highest BCUT2D eigenvalue weighted by atomic mass is 35.5. The molecule has 2 aromatic carbocycles. The highest BCUT2D eigenvalue weighted by Crippen LogP contribution is 2.33. The summed E-state index contributed by atoms with van der Waals surface area (Å²) in [4.78, 5) is 1.04. The number of nitrogens with two attached hydrogens (primary N) is 1. The van der Waals surface area contributed by atoms with E-state index in [2.05, 4.69) is 0 Å². The average molecular weight is 284 g/mol. The number of anilines is 1. The normalized spacial score (nSPS) is 10.5. The first-order valence-corrected chi connectivity index (χ1v) is 6.83. The van der Waals surface area contributed by atoms with Crippen LogP contribution in [0.4, 0.5) is 5.69 Å². The summed E-state index contributed by atoms with van der Waals surface area (Å²) in [5.41, 5.74) is 7.57. The van der Waals surface area contributed by atoms with Crippen molar-refractivity contribution in [2.24, 2.45) is 0 Å². The van der Waals surface area contributed by atoms with Gasteiger partial charge in [-0.3, -0.25) is 0 Å². The van der Waals surface area contributed by atoms with Crippen LogP contribution in [0, 0.1) is 0 Å². The SMILES string of the molecule is Nc1cccc(Cl)c1CSc1ccccc1Cl. The van der Waals surface area contributed by atoms with Crippen LogP contribution in [0.3, 0.4) is 0 Å². The number of nitrogen functional groups attached to an aromatic ring is 1. The second-order valence-corrected chi connectivity index (χ2v) is 5.36. The lowest BCUT2D eigenvalue weighted by Gasteiger charge is -2.08. The van der Waals surface area contributed by atoms with Crippen molar-refractivity contribution < 1.29 is 0 Å². The van der Waals surface area contributed by atoms with E-state index in [4.69, 9.17) is 28.9 Å². The zero-order chi connectivity index (χ0) is 12.3. The van der Waals surface area contributed by atoms with Crippen LogP contribution < -0.4 is 5.73 Å². The summed E-state index contributed by atoms with van der Waals surface area (Å²) in [5, 5.41) is 1.45. The van der Waals surface area contributed by atoms with Gasteiger partial charge in [-0.15, -0.1) is 11.8 Å². The summed E-state index contributed by atoms with van der Waals surface area (Å²) in [6.45, 7) is 0. The van der Waals surface area contributed by atoms with Crippen LogP contribution in [0.5, 0.6) is 0 Å². The van der Waals surface area contributed by atoms with Gasteiger partial charge in [-0.25, -0.2) is 0 Å². The van der Waals surface area contributed by atoms with Gasteiger partial charge in [0.2, 0.25) is 0 Å². The molecule has 2 N–H and O–H groups in total. The fourth-order valence-electron chi connectivity index (χ4n) is 1.44. The monoisotopic (exact) mass is 283 g/mol. The summed E-state index contributed by atoms with van der Waals surface area (Å²) < 4.78 is 0. The lowest BCUT2D eigenvalue weighted by Crippen LogP contribution is -1.93. The number of rotatable bonds is 3. The highest BCUT2D eigenvalue weighted by Gasteiger charge is 2.06. The van der Waals surface area contributed by atoms with E-state index >= 15 is 0 Å². The van der Waals surface area contributed by atoms with Crippen molar-refractivity contribution in [3.63, 3.8) is 0 Å². The van der Waals surface area contributed by atoms with E-state index in [0.29, 0.717) is 5.02 Å². The standard InChI is InChI=1S/C13H11Cl2NS/c14-10-5-3-6-12(16)9(10)8-17-13-7-2-1-4-11(13)15/h1-7H,8,16H2. The van der Waals surface area contributed by atoms with Crippen LogP contribution >= 0.6 is 35.0 Å². The topological polar surface area (TPSA) is 26.0 Å². The van der Waals surface area contributed by atoms with E-state index in [-0.39, 0.29) is 0 Å². The van der Waals surface area contributed by atoms with Gasteiger partial charge in [0.25, 0.3) is 0 Å². The maximum absolute atomic E-state index is 6.11. The molecule has 0 spiro atoms. The average Bonchev–Trinajstić information content (AvgIpc) is 2.30. The summed E-state index contributed by atoms with van der Waals surface area (Å²) in [6, 6.07) is 13.3. The quantitative estimate of drug-likeness (QED) is 0.643. The van der Waals surface area contributed by atoms with Gasteiger partial charge in [-0.1, -0.05) is 41.4 Å². The van der Waals surface area contributed by atoms with Crippen LogP contribution in [-0.2, 0) is 5.75 Å². The van der Waals surface area contributed by atoms with Gasteiger partial charge in [-0.05, 0) is 24.3 Å². The molecule has 0 amide bonds. The molecule has 0 heterocycles. The molecule has 2 rings (SSSR count). The number of halogens is 2. The van der Waals surface area contributed by atoms with Gasteiger partial charge in [0.05, 0.1) is 5.02 Å². The maximum atomic E-state index is 6.11. The summed E-state index contributed by atoms with van der Waals surface area (Å²) >= 11 is 13.8. The Kier molecular flexibility index (Phi) is 4.21. The Morgan fingerprint density at radius 2 is 1.65 bits per heavy atom. The van der Waals surface area contributed by atoms with Crippen LogP contribution in [0.25, 0.3) is 0 Å². The van der Waals surface area contributed by atoms with Gasteiger partial charge in [0, 0.05) is 26.9 Å². The number of hydrogen-bond acceptors (Lipinski definition) is 2. The highest BCUT2D eigenvalue weighted by molar-refractivity contribution is 7.98. The van der Waals surface area contributed by atoms with E-state index in [1.165, 1.54) is 0 Å². The Morgan fingerprint density at radius 1 is 0.941 bits per heavy atom. The number of thioether (sulfide) groups is 1. The smallest absolute Gasteiger partial charge is 0.0541 e. The molecule has 0 aliphatic rings. The van der Waals surface area contributed by atoms with Crippen LogP contribution in [-0.4, -0.2) is 0 Å². The predicted octanol–water partition coefficient (Wildman–Crippen LogP) is 4.87. The van der Waals surface area contributed by atoms with Gasteiger partial charge in [-0.2, -0.15) is 0 Å². The molecule has 0 fully saturated rings. The third-order valence-corrected chi connectivity index (χ3v) is 4.26. The van der Waals surface area contributed by atoms with E-state index in [1.54, 1.807) is 11.8 Å². The lowest BCUT2D eigenvalue weighted by atomic mass is 10.2. The number of benzene rings is 2. The van der Waals surface area contributed by atoms with E-state index in [9.17, 15) is 0 Å². The first-order valence-electron chi connectivity index (χ1n) is 5.08. The molecule has 0 atom stereocenters. The Bertz CT molecular complexity index is 508. The predicted molar refractivity (Wildman–Crippen MR) is 76.9 cm³/mol. The van der Waals surface area contributed by atoms with E-state index in [1.807, 2.05) is 42.5 Å². The minimum Gasteiger partial charge on any atom is -0.398 e. The van der Waals surface area contributed by atoms with E-state index in [0.717, 1.165) is 26.9 Å². The zero-order valence-corrected chi connectivity index (χ0v) is 11.3. The van der Waals surface area contributed by atoms with Gasteiger partial charge >= 0.3 is 0 Å². The molecule has 1 nitrogen and oxygen atoms in total. The minimum absolute atomic E-state index is 0.699. The van der Waals surface area contributed by atoms with Crippen LogP contribution in [0.2, 0.25) is 10.0 Å². The molecule has 4 heteroatoms. The largest absolute Gasteiger partial charge is 0.398 e. The van der Waals surface area contributed by atoms with Crippen LogP contribution in [0.1, 0.15) is 5.56 Å². The molecule has 88 valence electrons. The Hall–Kier alpha value is -0.830. The van der Waals surface area contributed by atoms with Crippen molar-refractivity contribution in [2.45, 2.75) is 10.6 Å².